The van der Waals surface area contributed by atoms with Crippen LogP contribution in [-0.2, 0) is 21.2 Å². The highest BCUT2D eigenvalue weighted by Gasteiger charge is 2.27. The Kier molecular flexibility index (Phi) is 6.52. The van der Waals surface area contributed by atoms with Crippen LogP contribution >= 0.6 is 11.3 Å². The molecule has 0 radical (unpaired) electrons. The van der Waals surface area contributed by atoms with Crippen LogP contribution in [0.1, 0.15) is 35.2 Å². The fraction of sp³-hybridized carbons (Fsp3) is 0.500. The number of rotatable bonds is 6. The van der Waals surface area contributed by atoms with Gasteiger partial charge in [0, 0.05) is 29.6 Å². The summed E-state index contributed by atoms with van der Waals surface area (Å²) in [4.78, 5) is 18.2. The van der Waals surface area contributed by atoms with Crippen molar-refractivity contribution in [2.24, 2.45) is 0 Å². The van der Waals surface area contributed by atoms with Crippen LogP contribution in [0.2, 0.25) is 0 Å². The Labute approximate surface area is 171 Å². The van der Waals surface area contributed by atoms with Crippen molar-refractivity contribution < 1.29 is 13.2 Å². The van der Waals surface area contributed by atoms with Gasteiger partial charge in [-0.05, 0) is 33.6 Å². The first-order valence-electron chi connectivity index (χ1n) is 9.59. The Morgan fingerprint density at radius 2 is 1.86 bits per heavy atom. The molecule has 3 rings (SSSR count). The predicted molar refractivity (Wildman–Crippen MR) is 113 cm³/mol. The summed E-state index contributed by atoms with van der Waals surface area (Å²) in [5, 5.41) is 4.01. The van der Waals surface area contributed by atoms with Gasteiger partial charge in [0.05, 0.1) is 22.9 Å². The molecule has 1 aliphatic rings. The molecule has 0 saturated carbocycles. The molecule has 2 aromatic rings. The van der Waals surface area contributed by atoms with E-state index in [-0.39, 0.29) is 17.7 Å². The van der Waals surface area contributed by atoms with Gasteiger partial charge in [0.15, 0.2) is 0 Å². The highest BCUT2D eigenvalue weighted by atomic mass is 32.2. The molecule has 1 aliphatic heterocycles. The minimum absolute atomic E-state index is 0.0210. The van der Waals surface area contributed by atoms with Crippen LogP contribution in [0.15, 0.2) is 24.3 Å². The van der Waals surface area contributed by atoms with E-state index in [4.69, 9.17) is 0 Å². The molecule has 152 valence electrons. The number of carbonyl (C=O) groups excluding carboxylic acids is 1. The number of aryl methyl sites for hydroxylation is 2. The third-order valence-corrected chi connectivity index (χ3v) is 7.88. The lowest BCUT2D eigenvalue weighted by atomic mass is 10.1. The second kappa shape index (κ2) is 8.71. The quantitative estimate of drug-likeness (QED) is 0.778. The van der Waals surface area contributed by atoms with Crippen molar-refractivity contribution in [3.63, 3.8) is 0 Å². The normalized spacial score (nSPS) is 16.2. The van der Waals surface area contributed by atoms with Gasteiger partial charge in [-0.2, -0.15) is 0 Å². The van der Waals surface area contributed by atoms with E-state index in [0.717, 1.165) is 21.1 Å². The van der Waals surface area contributed by atoms with E-state index < -0.39 is 10.0 Å². The molecule has 1 aromatic carbocycles. The van der Waals surface area contributed by atoms with Gasteiger partial charge in [-0.1, -0.05) is 29.8 Å². The molecule has 28 heavy (non-hydrogen) atoms. The number of carbonyl (C=O) groups is 1. The van der Waals surface area contributed by atoms with Crippen LogP contribution in [0.25, 0.3) is 11.3 Å². The van der Waals surface area contributed by atoms with Crippen LogP contribution < -0.4 is 5.32 Å². The van der Waals surface area contributed by atoms with Gasteiger partial charge in [-0.3, -0.25) is 4.79 Å². The number of hydrogen-bond acceptors (Lipinski definition) is 5. The number of nitrogens with zero attached hydrogens (tertiary/aromatic N) is 2. The number of aromatic nitrogens is 1. The molecule has 0 atom stereocenters. The van der Waals surface area contributed by atoms with E-state index >= 15 is 0 Å². The Morgan fingerprint density at radius 3 is 2.46 bits per heavy atom. The van der Waals surface area contributed by atoms with Gasteiger partial charge >= 0.3 is 0 Å². The molecule has 0 bridgehead atoms. The second-order valence-corrected chi connectivity index (χ2v) is 10.7. The lowest BCUT2D eigenvalue weighted by Gasteiger charge is -2.31. The summed E-state index contributed by atoms with van der Waals surface area (Å²) in [5.41, 5.74) is 3.09. The zero-order chi connectivity index (χ0) is 20.3. The summed E-state index contributed by atoms with van der Waals surface area (Å²) in [7, 11) is -3.14. The summed E-state index contributed by atoms with van der Waals surface area (Å²) in [6, 6.07) is 8.19. The Hall–Kier alpha value is -1.77. The van der Waals surface area contributed by atoms with Crippen molar-refractivity contribution in [3.05, 3.63) is 39.7 Å². The minimum Gasteiger partial charge on any atom is -0.353 e. The number of nitrogens with one attached hydrogen (secondary N) is 1. The second-order valence-electron chi connectivity index (χ2n) is 7.19. The fourth-order valence-corrected chi connectivity index (χ4v) is 5.50. The molecule has 0 spiro atoms. The third kappa shape index (κ3) is 4.98. The number of sulfonamides is 1. The molecule has 6 nitrogen and oxygen atoms in total. The average molecular weight is 422 g/mol. The van der Waals surface area contributed by atoms with Crippen LogP contribution in [0.3, 0.4) is 0 Å². The van der Waals surface area contributed by atoms with Gasteiger partial charge in [0.25, 0.3) is 0 Å². The first kappa shape index (κ1) is 21.0. The Balaban J connectivity index is 1.61. The predicted octanol–water partition coefficient (Wildman–Crippen LogP) is 2.90. The summed E-state index contributed by atoms with van der Waals surface area (Å²) in [6.07, 6.45) is 1.59. The van der Waals surface area contributed by atoms with Crippen LogP contribution in [0.5, 0.6) is 0 Å². The number of piperidine rings is 1. The first-order chi connectivity index (χ1) is 13.3. The van der Waals surface area contributed by atoms with Crippen molar-refractivity contribution in [2.45, 2.75) is 46.1 Å². The van der Waals surface area contributed by atoms with E-state index in [9.17, 15) is 13.2 Å². The summed E-state index contributed by atoms with van der Waals surface area (Å²) in [5.74, 6) is 0.0881. The zero-order valence-electron chi connectivity index (χ0n) is 16.6. The molecule has 0 unspecified atom stereocenters. The maximum atomic E-state index is 12.6. The monoisotopic (exact) mass is 421 g/mol. The van der Waals surface area contributed by atoms with E-state index in [0.29, 0.717) is 32.4 Å². The van der Waals surface area contributed by atoms with Gasteiger partial charge < -0.3 is 5.32 Å². The smallest absolute Gasteiger partial charge is 0.225 e. The topological polar surface area (TPSA) is 79.4 Å². The molecule has 2 heterocycles. The molecule has 1 saturated heterocycles. The number of benzene rings is 1. The molecular weight excluding hydrogens is 394 g/mol. The van der Waals surface area contributed by atoms with Crippen LogP contribution in [-0.4, -0.2) is 48.5 Å². The minimum atomic E-state index is -3.14. The molecular formula is C20H27N3O3S2. The average Bonchev–Trinajstić information content (AvgIpc) is 3.02. The van der Waals surface area contributed by atoms with Gasteiger partial charge in [-0.25, -0.2) is 17.7 Å². The molecule has 1 N–H and O–H groups in total. The van der Waals surface area contributed by atoms with Crippen molar-refractivity contribution in [2.75, 3.05) is 18.8 Å². The Bertz CT molecular complexity index is 928. The zero-order valence-corrected chi connectivity index (χ0v) is 18.2. The maximum Gasteiger partial charge on any atom is 0.225 e. The summed E-state index contributed by atoms with van der Waals surface area (Å²) >= 11 is 1.55. The van der Waals surface area contributed by atoms with E-state index in [1.165, 1.54) is 9.87 Å². The molecule has 1 amide bonds. The highest BCUT2D eigenvalue weighted by molar-refractivity contribution is 7.89. The van der Waals surface area contributed by atoms with Crippen molar-refractivity contribution in [1.29, 1.82) is 0 Å². The van der Waals surface area contributed by atoms with Crippen LogP contribution in [0.4, 0.5) is 0 Å². The first-order valence-corrected chi connectivity index (χ1v) is 12.0. The summed E-state index contributed by atoms with van der Waals surface area (Å²) in [6.45, 7) is 6.59. The number of hydrogen-bond donors (Lipinski definition) is 1. The lowest BCUT2D eigenvalue weighted by molar-refractivity contribution is -0.121. The van der Waals surface area contributed by atoms with E-state index in [2.05, 4.69) is 10.3 Å². The van der Waals surface area contributed by atoms with E-state index in [1.807, 2.05) is 38.1 Å². The summed E-state index contributed by atoms with van der Waals surface area (Å²) < 4.78 is 25.4. The SMILES string of the molecule is CCS(=O)(=O)N1CCC(NC(=O)Cc2sc(C)nc2-c2ccc(C)cc2)CC1. The van der Waals surface area contributed by atoms with Crippen molar-refractivity contribution >= 4 is 27.3 Å². The Morgan fingerprint density at radius 1 is 1.21 bits per heavy atom. The number of thiazole rings is 1. The highest BCUT2D eigenvalue weighted by Crippen LogP contribution is 2.29. The van der Waals surface area contributed by atoms with Crippen LogP contribution in [0, 0.1) is 13.8 Å². The van der Waals surface area contributed by atoms with E-state index in [1.54, 1.807) is 18.3 Å². The van der Waals surface area contributed by atoms with Gasteiger partial charge in [-0.15, -0.1) is 11.3 Å². The molecule has 0 aliphatic carbocycles. The number of amides is 1. The molecule has 8 heteroatoms. The lowest BCUT2D eigenvalue weighted by Crippen LogP contribution is -2.47. The molecule has 1 fully saturated rings. The van der Waals surface area contributed by atoms with Crippen molar-refractivity contribution in [3.8, 4) is 11.3 Å². The molecule has 1 aromatic heterocycles. The van der Waals surface area contributed by atoms with Gasteiger partial charge in [0.1, 0.15) is 0 Å². The fourth-order valence-electron chi connectivity index (χ4n) is 3.41. The maximum absolute atomic E-state index is 12.6. The standard InChI is InChI=1S/C20H27N3O3S2/c1-4-28(25,26)23-11-9-17(10-12-23)22-19(24)13-18-20(21-15(3)27-18)16-7-5-14(2)6-8-16/h5-8,17H,4,9-13H2,1-3H3,(H,22,24). The van der Waals surface area contributed by atoms with Gasteiger partial charge in [0.2, 0.25) is 15.9 Å². The van der Waals surface area contributed by atoms with Crippen molar-refractivity contribution in [1.82, 2.24) is 14.6 Å². The largest absolute Gasteiger partial charge is 0.353 e. The third-order valence-electron chi connectivity index (χ3n) is 5.03.